The number of nitrogens with zero attached hydrogens (tertiary/aromatic N) is 4. The fourth-order valence-corrected chi connectivity index (χ4v) is 5.33. The van der Waals surface area contributed by atoms with Crippen LogP contribution in [0.5, 0.6) is 11.5 Å². The van der Waals surface area contributed by atoms with Gasteiger partial charge >= 0.3 is 0 Å². The van der Waals surface area contributed by atoms with Crippen LogP contribution in [0.15, 0.2) is 72.9 Å². The maximum atomic E-state index is 11.5. The molecule has 1 saturated heterocycles. The predicted octanol–water partition coefficient (Wildman–Crippen LogP) is 5.29. The highest BCUT2D eigenvalue weighted by Gasteiger charge is 2.42. The molecule has 1 aliphatic heterocycles. The number of aryl methyl sites for hydroxylation is 1. The van der Waals surface area contributed by atoms with Crippen LogP contribution in [0.4, 0.5) is 11.4 Å². The summed E-state index contributed by atoms with van der Waals surface area (Å²) in [4.78, 5) is 17.7. The first-order chi connectivity index (χ1) is 17.8. The molecule has 2 N–H and O–H groups in total. The molecule has 1 fully saturated rings. The van der Waals surface area contributed by atoms with E-state index in [0.717, 1.165) is 28.3 Å². The van der Waals surface area contributed by atoms with E-state index in [1.807, 2.05) is 53.6 Å². The molecule has 5 rings (SSSR count). The lowest BCUT2D eigenvalue weighted by atomic mass is 9.96. The van der Waals surface area contributed by atoms with E-state index in [0.29, 0.717) is 16.5 Å². The molecule has 2 atom stereocenters. The fourth-order valence-electron chi connectivity index (χ4n) is 4.99. The Kier molecular flexibility index (Phi) is 6.26. The molecule has 0 saturated carbocycles. The Hall–Kier alpha value is -4.44. The predicted molar refractivity (Wildman–Crippen MR) is 144 cm³/mol. The SMILES string of the molecule is COc1ccc([N+](=O)[O-])cc1-n1c(C)cc([C@@H]2[C@@H](c3ccccn3)NC(=S)N2c2ccc(O)cc2)c1C. The molecule has 188 valence electrons. The van der Waals surface area contributed by atoms with E-state index in [9.17, 15) is 15.2 Å². The van der Waals surface area contributed by atoms with Crippen molar-refractivity contribution in [3.8, 4) is 17.2 Å². The first-order valence-electron chi connectivity index (χ1n) is 11.6. The van der Waals surface area contributed by atoms with E-state index >= 15 is 0 Å². The van der Waals surface area contributed by atoms with Crippen molar-refractivity contribution in [3.05, 3.63) is 106 Å². The van der Waals surface area contributed by atoms with Gasteiger partial charge < -0.3 is 24.6 Å². The zero-order valence-corrected chi connectivity index (χ0v) is 21.3. The lowest BCUT2D eigenvalue weighted by molar-refractivity contribution is -0.384. The van der Waals surface area contributed by atoms with Crippen molar-refractivity contribution in [1.82, 2.24) is 14.9 Å². The summed E-state index contributed by atoms with van der Waals surface area (Å²) in [5, 5.41) is 25.4. The molecule has 3 heterocycles. The number of aromatic hydroxyl groups is 1. The van der Waals surface area contributed by atoms with Gasteiger partial charge in [-0.15, -0.1) is 0 Å². The lowest BCUT2D eigenvalue weighted by Crippen LogP contribution is -2.29. The number of nitro benzene ring substituents is 1. The van der Waals surface area contributed by atoms with Crippen molar-refractivity contribution in [2.75, 3.05) is 12.0 Å². The number of nitrogens with one attached hydrogen (secondary N) is 1. The molecule has 37 heavy (non-hydrogen) atoms. The number of hydrogen-bond acceptors (Lipinski definition) is 6. The van der Waals surface area contributed by atoms with Crippen molar-refractivity contribution >= 4 is 28.7 Å². The highest BCUT2D eigenvalue weighted by atomic mass is 32.1. The number of hydrogen-bond donors (Lipinski definition) is 2. The van der Waals surface area contributed by atoms with Gasteiger partial charge in [-0.25, -0.2) is 0 Å². The van der Waals surface area contributed by atoms with Gasteiger partial charge in [0.05, 0.1) is 35.5 Å². The van der Waals surface area contributed by atoms with Crippen LogP contribution in [0, 0.1) is 24.0 Å². The first kappa shape index (κ1) is 24.3. The Bertz CT molecular complexity index is 1490. The molecule has 2 aromatic heterocycles. The largest absolute Gasteiger partial charge is 0.508 e. The van der Waals surface area contributed by atoms with Crippen LogP contribution in [-0.2, 0) is 0 Å². The first-order valence-corrected chi connectivity index (χ1v) is 12.0. The summed E-state index contributed by atoms with van der Waals surface area (Å²) >= 11 is 5.79. The van der Waals surface area contributed by atoms with E-state index < -0.39 is 4.92 Å². The van der Waals surface area contributed by atoms with Crippen LogP contribution >= 0.6 is 12.2 Å². The third-order valence-corrected chi connectivity index (χ3v) is 6.94. The van der Waals surface area contributed by atoms with E-state index in [1.165, 1.54) is 12.1 Å². The quantitative estimate of drug-likeness (QED) is 0.203. The van der Waals surface area contributed by atoms with Gasteiger partial charge in [0, 0.05) is 35.4 Å². The fraction of sp³-hybridized carbons (Fsp3) is 0.185. The number of aromatic nitrogens is 2. The minimum absolute atomic E-state index is 0.0226. The molecule has 1 aliphatic rings. The number of phenols is 1. The summed E-state index contributed by atoms with van der Waals surface area (Å²) in [6.07, 6.45) is 1.75. The van der Waals surface area contributed by atoms with E-state index in [-0.39, 0.29) is 23.5 Å². The third-order valence-electron chi connectivity index (χ3n) is 6.63. The van der Waals surface area contributed by atoms with Gasteiger partial charge in [-0.2, -0.15) is 0 Å². The highest BCUT2D eigenvalue weighted by molar-refractivity contribution is 7.80. The third kappa shape index (κ3) is 4.25. The van der Waals surface area contributed by atoms with E-state index in [4.69, 9.17) is 17.0 Å². The Balaban J connectivity index is 1.70. The van der Waals surface area contributed by atoms with Crippen LogP contribution in [0.25, 0.3) is 5.69 Å². The summed E-state index contributed by atoms with van der Waals surface area (Å²) in [6.45, 7) is 3.93. The van der Waals surface area contributed by atoms with Crippen molar-refractivity contribution in [2.45, 2.75) is 25.9 Å². The number of nitro groups is 1. The maximum Gasteiger partial charge on any atom is 0.271 e. The molecule has 0 aliphatic carbocycles. The molecule has 2 aromatic carbocycles. The van der Waals surface area contributed by atoms with Crippen molar-refractivity contribution in [1.29, 1.82) is 0 Å². The maximum absolute atomic E-state index is 11.5. The normalized spacial score (nSPS) is 17.1. The molecule has 0 bridgehead atoms. The Morgan fingerprint density at radius 3 is 2.51 bits per heavy atom. The summed E-state index contributed by atoms with van der Waals surface area (Å²) in [7, 11) is 1.54. The number of thiocarbonyl (C=S) groups is 1. The second-order valence-electron chi connectivity index (χ2n) is 8.79. The molecular formula is C27H25N5O4S. The van der Waals surface area contributed by atoms with Crippen LogP contribution < -0.4 is 15.0 Å². The standard InChI is InChI=1S/C27H25N5O4S/c1-16-14-21(17(2)30(16)23-15-19(32(34)35)9-12-24(23)36-3)26-25(22-6-4-5-13-28-22)29-27(37)31(26)18-7-10-20(33)11-8-18/h4-15,25-26,33H,1-3H3,(H,29,37)/t25-,26-/m1/s1. The molecule has 0 unspecified atom stereocenters. The molecule has 0 amide bonds. The van der Waals surface area contributed by atoms with Gasteiger partial charge in [0.1, 0.15) is 11.5 Å². The van der Waals surface area contributed by atoms with E-state index in [1.54, 1.807) is 31.5 Å². The summed E-state index contributed by atoms with van der Waals surface area (Å²) < 4.78 is 7.53. The molecule has 0 radical (unpaired) electrons. The van der Waals surface area contributed by atoms with Crippen molar-refractivity contribution in [2.24, 2.45) is 0 Å². The van der Waals surface area contributed by atoms with Gasteiger partial charge in [-0.1, -0.05) is 6.07 Å². The number of anilines is 1. The number of ether oxygens (including phenoxy) is 1. The van der Waals surface area contributed by atoms with Gasteiger partial charge in [0.25, 0.3) is 5.69 Å². The molecule has 9 nitrogen and oxygen atoms in total. The second-order valence-corrected chi connectivity index (χ2v) is 9.17. The smallest absolute Gasteiger partial charge is 0.271 e. The number of methoxy groups -OCH3 is 1. The number of pyridine rings is 1. The van der Waals surface area contributed by atoms with Gasteiger partial charge in [-0.3, -0.25) is 15.1 Å². The average Bonchev–Trinajstić information content (AvgIpc) is 3.39. The number of non-ortho nitro benzene ring substituents is 1. The van der Waals surface area contributed by atoms with Crippen molar-refractivity contribution in [3.63, 3.8) is 0 Å². The molecule has 0 spiro atoms. The van der Waals surface area contributed by atoms with Gasteiger partial charge in [-0.05, 0) is 80.2 Å². The van der Waals surface area contributed by atoms with Crippen LogP contribution in [0.1, 0.15) is 34.7 Å². The minimum Gasteiger partial charge on any atom is -0.508 e. The zero-order valence-electron chi connectivity index (χ0n) is 20.5. The minimum atomic E-state index is -0.416. The summed E-state index contributed by atoms with van der Waals surface area (Å²) in [5.74, 6) is 0.686. The van der Waals surface area contributed by atoms with Gasteiger partial charge in [0.2, 0.25) is 0 Å². The molecular weight excluding hydrogens is 490 g/mol. The monoisotopic (exact) mass is 515 g/mol. The Morgan fingerprint density at radius 2 is 1.86 bits per heavy atom. The van der Waals surface area contributed by atoms with Gasteiger partial charge in [0.15, 0.2) is 5.11 Å². The lowest BCUT2D eigenvalue weighted by Gasteiger charge is -2.28. The topological polar surface area (TPSA) is 106 Å². The number of rotatable bonds is 6. The van der Waals surface area contributed by atoms with Crippen molar-refractivity contribution < 1.29 is 14.8 Å². The highest BCUT2D eigenvalue weighted by Crippen LogP contribution is 2.44. The number of phenolic OH excluding ortho intramolecular Hbond substituents is 1. The number of benzene rings is 2. The Labute approximate surface area is 219 Å². The average molecular weight is 516 g/mol. The molecule has 10 heteroatoms. The van der Waals surface area contributed by atoms with Crippen LogP contribution in [0.2, 0.25) is 0 Å². The molecule has 4 aromatic rings. The van der Waals surface area contributed by atoms with E-state index in [2.05, 4.69) is 16.4 Å². The van der Waals surface area contributed by atoms with Crippen LogP contribution in [0.3, 0.4) is 0 Å². The summed E-state index contributed by atoms with van der Waals surface area (Å²) in [5.41, 5.74) is 4.95. The summed E-state index contributed by atoms with van der Waals surface area (Å²) in [6, 6.07) is 18.7. The zero-order chi connectivity index (χ0) is 26.3. The Morgan fingerprint density at radius 1 is 1.11 bits per heavy atom. The van der Waals surface area contributed by atoms with Crippen LogP contribution in [-0.4, -0.2) is 31.8 Å². The second kappa shape index (κ2) is 9.55.